The summed E-state index contributed by atoms with van der Waals surface area (Å²) in [6.07, 6.45) is 3.52. The maximum absolute atomic E-state index is 12.9. The molecular weight excluding hydrogens is 350 g/mol. The fourth-order valence-electron chi connectivity index (χ4n) is 3.86. The number of nitrogens with zero attached hydrogens (tertiary/aromatic N) is 1. The number of piperidine rings is 2. The lowest BCUT2D eigenvalue weighted by Gasteiger charge is -2.28. The zero-order chi connectivity index (χ0) is 19.0. The van der Waals surface area contributed by atoms with Crippen molar-refractivity contribution >= 4 is 23.6 Å². The molecule has 8 nitrogen and oxygen atoms in total. The van der Waals surface area contributed by atoms with E-state index in [9.17, 15) is 19.2 Å². The SMILES string of the molecule is O=C1CCC(N2C(=O)c3cccc(OCC4CCCCN4)c3C2=O)C(=O)N1. The van der Waals surface area contributed by atoms with Crippen molar-refractivity contribution in [1.29, 1.82) is 0 Å². The van der Waals surface area contributed by atoms with Crippen molar-refractivity contribution in [1.82, 2.24) is 15.5 Å². The number of amides is 4. The van der Waals surface area contributed by atoms with Gasteiger partial charge in [0.15, 0.2) is 0 Å². The molecule has 4 rings (SSSR count). The molecule has 3 aliphatic rings. The first-order chi connectivity index (χ1) is 13.1. The van der Waals surface area contributed by atoms with Gasteiger partial charge in [-0.2, -0.15) is 0 Å². The summed E-state index contributed by atoms with van der Waals surface area (Å²) in [5.41, 5.74) is 0.432. The molecular formula is C19H21N3O5. The molecule has 1 aromatic rings. The molecule has 2 saturated heterocycles. The van der Waals surface area contributed by atoms with Crippen LogP contribution < -0.4 is 15.4 Å². The van der Waals surface area contributed by atoms with Crippen LogP contribution >= 0.6 is 0 Å². The Morgan fingerprint density at radius 3 is 2.67 bits per heavy atom. The third-order valence-corrected chi connectivity index (χ3v) is 5.28. The minimum atomic E-state index is -0.969. The Bertz CT molecular complexity index is 816. The maximum Gasteiger partial charge on any atom is 0.266 e. The van der Waals surface area contributed by atoms with Gasteiger partial charge in [0.25, 0.3) is 11.8 Å². The molecule has 2 unspecified atom stereocenters. The summed E-state index contributed by atoms with van der Waals surface area (Å²) in [7, 11) is 0. The van der Waals surface area contributed by atoms with E-state index < -0.39 is 29.7 Å². The van der Waals surface area contributed by atoms with Gasteiger partial charge < -0.3 is 10.1 Å². The molecule has 4 amide bonds. The van der Waals surface area contributed by atoms with Crippen molar-refractivity contribution in [3.63, 3.8) is 0 Å². The summed E-state index contributed by atoms with van der Waals surface area (Å²) in [5.74, 6) is -1.72. The Hall–Kier alpha value is -2.74. The Morgan fingerprint density at radius 2 is 1.93 bits per heavy atom. The van der Waals surface area contributed by atoms with Crippen LogP contribution in [0.15, 0.2) is 18.2 Å². The molecule has 2 fully saturated rings. The minimum absolute atomic E-state index is 0.0977. The summed E-state index contributed by atoms with van der Waals surface area (Å²) in [6.45, 7) is 1.36. The molecule has 1 aromatic carbocycles. The van der Waals surface area contributed by atoms with E-state index in [1.54, 1.807) is 18.2 Å². The molecule has 0 spiro atoms. The van der Waals surface area contributed by atoms with E-state index in [0.29, 0.717) is 12.4 Å². The second-order valence-corrected chi connectivity index (χ2v) is 7.08. The Balaban J connectivity index is 1.55. The van der Waals surface area contributed by atoms with E-state index in [-0.39, 0.29) is 30.0 Å². The van der Waals surface area contributed by atoms with Gasteiger partial charge in [0.2, 0.25) is 11.8 Å². The van der Waals surface area contributed by atoms with Crippen molar-refractivity contribution in [2.75, 3.05) is 13.2 Å². The van der Waals surface area contributed by atoms with Crippen molar-refractivity contribution in [3.05, 3.63) is 29.3 Å². The van der Waals surface area contributed by atoms with Gasteiger partial charge in [-0.25, -0.2) is 0 Å². The van der Waals surface area contributed by atoms with Gasteiger partial charge in [-0.15, -0.1) is 0 Å². The molecule has 0 saturated carbocycles. The number of carbonyl (C=O) groups excluding carboxylic acids is 4. The smallest absolute Gasteiger partial charge is 0.266 e. The lowest BCUT2D eigenvalue weighted by molar-refractivity contribution is -0.136. The monoisotopic (exact) mass is 371 g/mol. The van der Waals surface area contributed by atoms with Crippen molar-refractivity contribution < 1.29 is 23.9 Å². The number of benzene rings is 1. The summed E-state index contributed by atoms with van der Waals surface area (Å²) in [4.78, 5) is 50.2. The number of hydrogen-bond acceptors (Lipinski definition) is 6. The van der Waals surface area contributed by atoms with E-state index in [4.69, 9.17) is 4.74 Å². The predicted molar refractivity (Wildman–Crippen MR) is 94.3 cm³/mol. The fraction of sp³-hybridized carbons (Fsp3) is 0.474. The number of imide groups is 2. The predicted octanol–water partition coefficient (Wildman–Crippen LogP) is 0.609. The highest BCUT2D eigenvalue weighted by atomic mass is 16.5. The van der Waals surface area contributed by atoms with Crippen LogP contribution in [0.5, 0.6) is 5.75 Å². The number of nitrogens with one attached hydrogen (secondary N) is 2. The van der Waals surface area contributed by atoms with Gasteiger partial charge in [0, 0.05) is 12.5 Å². The molecule has 0 bridgehead atoms. The number of carbonyl (C=O) groups is 4. The molecule has 27 heavy (non-hydrogen) atoms. The Kier molecular flexibility index (Phi) is 4.65. The van der Waals surface area contributed by atoms with Gasteiger partial charge >= 0.3 is 0 Å². The molecule has 2 N–H and O–H groups in total. The zero-order valence-electron chi connectivity index (χ0n) is 14.8. The second kappa shape index (κ2) is 7.11. The second-order valence-electron chi connectivity index (χ2n) is 7.08. The highest BCUT2D eigenvalue weighted by Gasteiger charge is 2.46. The largest absolute Gasteiger partial charge is 0.491 e. The van der Waals surface area contributed by atoms with Gasteiger partial charge in [0.05, 0.1) is 11.1 Å². The first kappa shape index (κ1) is 17.7. The standard InChI is InChI=1S/C19H21N3O5/c23-15-8-7-13(17(24)21-15)22-18(25)12-5-3-6-14(16(12)19(22)26)27-10-11-4-1-2-9-20-11/h3,5-6,11,13,20H,1-2,4,7-10H2,(H,21,23,24). The van der Waals surface area contributed by atoms with Gasteiger partial charge in [-0.1, -0.05) is 12.5 Å². The van der Waals surface area contributed by atoms with Gasteiger partial charge in [-0.3, -0.25) is 29.4 Å². The number of hydrogen-bond donors (Lipinski definition) is 2. The lowest BCUT2D eigenvalue weighted by Crippen LogP contribution is -2.54. The van der Waals surface area contributed by atoms with E-state index in [1.165, 1.54) is 0 Å². The topological polar surface area (TPSA) is 105 Å². The Morgan fingerprint density at radius 1 is 1.07 bits per heavy atom. The highest BCUT2D eigenvalue weighted by Crippen LogP contribution is 2.33. The van der Waals surface area contributed by atoms with Crippen LogP contribution in [0.4, 0.5) is 0 Å². The van der Waals surface area contributed by atoms with Crippen LogP contribution in [-0.2, 0) is 9.59 Å². The average Bonchev–Trinajstić information content (AvgIpc) is 2.93. The third-order valence-electron chi connectivity index (χ3n) is 5.28. The van der Waals surface area contributed by atoms with Crippen LogP contribution in [-0.4, -0.2) is 53.8 Å². The van der Waals surface area contributed by atoms with Crippen LogP contribution in [0.1, 0.15) is 52.8 Å². The molecule has 2 atom stereocenters. The normalized spacial score (nSPS) is 25.4. The van der Waals surface area contributed by atoms with Crippen LogP contribution in [0.3, 0.4) is 0 Å². The molecule has 0 aliphatic carbocycles. The number of rotatable bonds is 4. The molecule has 0 radical (unpaired) electrons. The molecule has 3 heterocycles. The summed E-state index contributed by atoms with van der Waals surface area (Å²) in [5, 5.41) is 5.57. The number of ether oxygens (including phenoxy) is 1. The van der Waals surface area contributed by atoms with E-state index in [2.05, 4.69) is 10.6 Å². The third kappa shape index (κ3) is 3.21. The number of fused-ring (bicyclic) bond motifs is 1. The minimum Gasteiger partial charge on any atom is -0.491 e. The molecule has 0 aromatic heterocycles. The quantitative estimate of drug-likeness (QED) is 0.752. The van der Waals surface area contributed by atoms with E-state index in [1.807, 2.05) is 0 Å². The van der Waals surface area contributed by atoms with Crippen molar-refractivity contribution in [2.45, 2.75) is 44.2 Å². The van der Waals surface area contributed by atoms with Gasteiger partial charge in [0.1, 0.15) is 18.4 Å². The molecule has 142 valence electrons. The molecule has 8 heteroatoms. The average molecular weight is 371 g/mol. The lowest BCUT2D eigenvalue weighted by atomic mass is 10.0. The first-order valence-electron chi connectivity index (χ1n) is 9.27. The van der Waals surface area contributed by atoms with Crippen LogP contribution in [0.2, 0.25) is 0 Å². The van der Waals surface area contributed by atoms with Crippen molar-refractivity contribution in [3.8, 4) is 5.75 Å². The van der Waals surface area contributed by atoms with Crippen LogP contribution in [0.25, 0.3) is 0 Å². The zero-order valence-corrected chi connectivity index (χ0v) is 14.8. The summed E-state index contributed by atoms with van der Waals surface area (Å²) in [6, 6.07) is 4.14. The van der Waals surface area contributed by atoms with Crippen molar-refractivity contribution in [2.24, 2.45) is 0 Å². The molecule has 3 aliphatic heterocycles. The fourth-order valence-corrected chi connectivity index (χ4v) is 3.86. The highest BCUT2D eigenvalue weighted by molar-refractivity contribution is 6.24. The first-order valence-corrected chi connectivity index (χ1v) is 9.27. The maximum atomic E-state index is 12.9. The summed E-state index contributed by atoms with van der Waals surface area (Å²) >= 11 is 0. The Labute approximate surface area is 156 Å². The van der Waals surface area contributed by atoms with Crippen LogP contribution in [0, 0.1) is 0 Å². The van der Waals surface area contributed by atoms with E-state index >= 15 is 0 Å². The van der Waals surface area contributed by atoms with Gasteiger partial charge in [-0.05, 0) is 37.9 Å². The summed E-state index contributed by atoms with van der Waals surface area (Å²) < 4.78 is 5.87. The van der Waals surface area contributed by atoms with E-state index in [0.717, 1.165) is 30.7 Å².